The summed E-state index contributed by atoms with van der Waals surface area (Å²) >= 11 is 0. The minimum Gasteiger partial charge on any atom is -0.338 e. The molecule has 0 saturated carbocycles. The molecule has 0 aromatic carbocycles. The van der Waals surface area contributed by atoms with Crippen LogP contribution < -0.4 is 5.32 Å². The third-order valence-electron chi connectivity index (χ3n) is 2.41. The Hall–Kier alpha value is -1.75. The molecule has 90 valence electrons. The maximum absolute atomic E-state index is 5.17. The predicted molar refractivity (Wildman–Crippen MR) is 64.2 cm³/mol. The largest absolute Gasteiger partial charge is 0.338 e. The van der Waals surface area contributed by atoms with Gasteiger partial charge in [-0.05, 0) is 18.6 Å². The topological polar surface area (TPSA) is 63.8 Å². The van der Waals surface area contributed by atoms with Gasteiger partial charge in [-0.1, -0.05) is 19.0 Å². The van der Waals surface area contributed by atoms with E-state index in [2.05, 4.69) is 34.3 Å². The average molecular weight is 232 g/mol. The van der Waals surface area contributed by atoms with Crippen LogP contribution in [-0.2, 0) is 6.54 Å². The molecular weight excluding hydrogens is 216 g/mol. The van der Waals surface area contributed by atoms with Crippen molar-refractivity contribution in [1.29, 1.82) is 0 Å². The van der Waals surface area contributed by atoms with Gasteiger partial charge in [-0.15, -0.1) is 0 Å². The number of nitrogens with zero attached hydrogens (tertiary/aromatic N) is 3. The van der Waals surface area contributed by atoms with Crippen LogP contribution in [0.2, 0.25) is 0 Å². The molecule has 0 atom stereocenters. The lowest BCUT2D eigenvalue weighted by molar-refractivity contribution is 0.362. The van der Waals surface area contributed by atoms with Gasteiger partial charge in [0, 0.05) is 24.0 Å². The molecule has 0 fully saturated rings. The molecule has 0 aliphatic rings. The van der Waals surface area contributed by atoms with E-state index < -0.39 is 0 Å². The number of rotatable bonds is 4. The van der Waals surface area contributed by atoms with Crippen molar-refractivity contribution >= 4 is 0 Å². The van der Waals surface area contributed by atoms with Gasteiger partial charge in [0.25, 0.3) is 0 Å². The maximum Gasteiger partial charge on any atom is 0.240 e. The monoisotopic (exact) mass is 232 g/mol. The lowest BCUT2D eigenvalue weighted by atomic mass is 10.1. The van der Waals surface area contributed by atoms with Crippen LogP contribution in [-0.4, -0.2) is 21.2 Å². The molecule has 2 aromatic rings. The normalized spacial score (nSPS) is 11.1. The predicted octanol–water partition coefficient (Wildman–Crippen LogP) is 1.94. The fourth-order valence-corrected chi connectivity index (χ4v) is 1.43. The van der Waals surface area contributed by atoms with Crippen molar-refractivity contribution in [2.24, 2.45) is 0 Å². The molecule has 0 radical (unpaired) electrons. The van der Waals surface area contributed by atoms with Crippen molar-refractivity contribution in [1.82, 2.24) is 20.4 Å². The highest BCUT2D eigenvalue weighted by atomic mass is 16.5. The first kappa shape index (κ1) is 11.7. The zero-order valence-corrected chi connectivity index (χ0v) is 10.3. The van der Waals surface area contributed by atoms with Crippen molar-refractivity contribution in [3.05, 3.63) is 29.9 Å². The molecule has 0 unspecified atom stereocenters. The van der Waals surface area contributed by atoms with Crippen LogP contribution >= 0.6 is 0 Å². The molecule has 1 N–H and O–H groups in total. The molecule has 0 saturated heterocycles. The summed E-state index contributed by atoms with van der Waals surface area (Å²) < 4.78 is 5.17. The zero-order chi connectivity index (χ0) is 12.3. The highest BCUT2D eigenvalue weighted by Gasteiger charge is 2.10. The average Bonchev–Trinajstić information content (AvgIpc) is 2.75. The van der Waals surface area contributed by atoms with Crippen molar-refractivity contribution in [2.45, 2.75) is 33.4 Å². The van der Waals surface area contributed by atoms with E-state index in [4.69, 9.17) is 4.52 Å². The smallest absolute Gasteiger partial charge is 0.240 e. The molecule has 0 aliphatic carbocycles. The summed E-state index contributed by atoms with van der Waals surface area (Å²) in [4.78, 5) is 8.40. The molecule has 0 bridgehead atoms. The summed E-state index contributed by atoms with van der Waals surface area (Å²) in [6.45, 7) is 6.73. The van der Waals surface area contributed by atoms with Crippen LogP contribution in [0.15, 0.2) is 23.0 Å². The first-order valence-electron chi connectivity index (χ1n) is 5.64. The van der Waals surface area contributed by atoms with Gasteiger partial charge in [0.1, 0.15) is 0 Å². The van der Waals surface area contributed by atoms with Crippen LogP contribution in [0.1, 0.15) is 25.3 Å². The molecule has 2 aromatic heterocycles. The molecule has 0 spiro atoms. The second-order valence-electron chi connectivity index (χ2n) is 4.24. The molecular formula is C12H16N4O. The van der Waals surface area contributed by atoms with E-state index in [0.29, 0.717) is 24.3 Å². The molecule has 5 nitrogen and oxygen atoms in total. The number of nitrogens with one attached hydrogen (secondary N) is 1. The lowest BCUT2D eigenvalue weighted by Gasteiger charge is -2.03. The van der Waals surface area contributed by atoms with E-state index in [0.717, 1.165) is 11.1 Å². The van der Waals surface area contributed by atoms with Crippen LogP contribution in [0.3, 0.4) is 0 Å². The Morgan fingerprint density at radius 2 is 2.24 bits per heavy atom. The summed E-state index contributed by atoms with van der Waals surface area (Å²) in [5, 5.41) is 7.19. The number of pyridine rings is 1. The summed E-state index contributed by atoms with van der Waals surface area (Å²) in [6.07, 6.45) is 3.50. The van der Waals surface area contributed by atoms with Gasteiger partial charge < -0.3 is 9.84 Å². The van der Waals surface area contributed by atoms with Gasteiger partial charge in [-0.25, -0.2) is 0 Å². The quantitative estimate of drug-likeness (QED) is 0.872. The fraction of sp³-hybridized carbons (Fsp3) is 0.417. The Bertz CT molecular complexity index is 493. The van der Waals surface area contributed by atoms with Gasteiger partial charge in [0.05, 0.1) is 6.54 Å². The lowest BCUT2D eigenvalue weighted by Crippen LogP contribution is -2.21. The first-order chi connectivity index (χ1) is 8.16. The summed E-state index contributed by atoms with van der Waals surface area (Å²) in [5.41, 5.74) is 2.00. The highest BCUT2D eigenvalue weighted by Crippen LogP contribution is 2.18. The number of hydrogen-bond acceptors (Lipinski definition) is 5. The zero-order valence-electron chi connectivity index (χ0n) is 10.3. The Morgan fingerprint density at radius 3 is 2.94 bits per heavy atom. The van der Waals surface area contributed by atoms with Crippen molar-refractivity contribution in [2.75, 3.05) is 0 Å². The standard InChI is InChI=1S/C12H16N4O/c1-8(2)14-7-11-15-12(16-17-11)10-6-13-5-4-9(10)3/h4-6,8,14H,7H2,1-3H3. The van der Waals surface area contributed by atoms with Gasteiger partial charge in [-0.3, -0.25) is 4.98 Å². The van der Waals surface area contributed by atoms with Gasteiger partial charge >= 0.3 is 0 Å². The minimum atomic E-state index is 0.394. The van der Waals surface area contributed by atoms with Crippen molar-refractivity contribution in [3.8, 4) is 11.4 Å². The third kappa shape index (κ3) is 2.88. The summed E-state index contributed by atoms with van der Waals surface area (Å²) in [7, 11) is 0. The minimum absolute atomic E-state index is 0.394. The Kier molecular flexibility index (Phi) is 3.49. The van der Waals surface area contributed by atoms with E-state index >= 15 is 0 Å². The van der Waals surface area contributed by atoms with E-state index in [1.54, 1.807) is 12.4 Å². The fourth-order valence-electron chi connectivity index (χ4n) is 1.43. The van der Waals surface area contributed by atoms with Crippen LogP contribution in [0.5, 0.6) is 0 Å². The van der Waals surface area contributed by atoms with Crippen molar-refractivity contribution in [3.63, 3.8) is 0 Å². The number of aryl methyl sites for hydroxylation is 1. The molecule has 0 aliphatic heterocycles. The molecule has 17 heavy (non-hydrogen) atoms. The summed E-state index contributed by atoms with van der Waals surface area (Å²) in [5.74, 6) is 1.19. The second-order valence-corrected chi connectivity index (χ2v) is 4.24. The Morgan fingerprint density at radius 1 is 1.41 bits per heavy atom. The van der Waals surface area contributed by atoms with Gasteiger partial charge in [0.2, 0.25) is 11.7 Å². The molecule has 0 amide bonds. The van der Waals surface area contributed by atoms with Gasteiger partial charge in [0.15, 0.2) is 0 Å². The van der Waals surface area contributed by atoms with Gasteiger partial charge in [-0.2, -0.15) is 4.98 Å². The van der Waals surface area contributed by atoms with Crippen LogP contribution in [0, 0.1) is 6.92 Å². The molecule has 5 heteroatoms. The maximum atomic E-state index is 5.17. The van der Waals surface area contributed by atoms with Crippen LogP contribution in [0.25, 0.3) is 11.4 Å². The highest BCUT2D eigenvalue weighted by molar-refractivity contribution is 5.57. The van der Waals surface area contributed by atoms with E-state index in [1.165, 1.54) is 0 Å². The van der Waals surface area contributed by atoms with E-state index in [9.17, 15) is 0 Å². The number of aromatic nitrogens is 3. The second kappa shape index (κ2) is 5.05. The van der Waals surface area contributed by atoms with Crippen LogP contribution in [0.4, 0.5) is 0 Å². The summed E-state index contributed by atoms with van der Waals surface area (Å²) in [6, 6.07) is 2.32. The Balaban J connectivity index is 2.16. The van der Waals surface area contributed by atoms with E-state index in [-0.39, 0.29) is 0 Å². The Labute approximate surface area is 100 Å². The third-order valence-corrected chi connectivity index (χ3v) is 2.41. The first-order valence-corrected chi connectivity index (χ1v) is 5.64. The molecule has 2 rings (SSSR count). The number of hydrogen-bond donors (Lipinski definition) is 1. The van der Waals surface area contributed by atoms with E-state index in [1.807, 2.05) is 13.0 Å². The van der Waals surface area contributed by atoms with Crippen molar-refractivity contribution < 1.29 is 4.52 Å². The molecule has 2 heterocycles. The SMILES string of the molecule is Cc1ccncc1-c1noc(CNC(C)C)n1.